The minimum atomic E-state index is 0.314. The fraction of sp³-hybridized carbons (Fsp3) is 0.824. The van der Waals surface area contributed by atoms with Crippen molar-refractivity contribution >= 4 is 5.96 Å². The highest BCUT2D eigenvalue weighted by Gasteiger charge is 2.22. The normalized spacial score (nSPS) is 25.3. The number of nitrogens with zero attached hydrogens (tertiary/aromatic N) is 5. The summed E-state index contributed by atoms with van der Waals surface area (Å²) in [6, 6.07) is 0. The van der Waals surface area contributed by atoms with E-state index in [9.17, 15) is 0 Å². The molecule has 1 aromatic rings. The molecule has 0 saturated carbocycles. The quantitative estimate of drug-likeness (QED) is 0.667. The van der Waals surface area contributed by atoms with Gasteiger partial charge in [-0.1, -0.05) is 6.92 Å². The van der Waals surface area contributed by atoms with Crippen LogP contribution in [0.5, 0.6) is 0 Å². The molecule has 1 aromatic heterocycles. The Morgan fingerprint density at radius 2 is 2.21 bits per heavy atom. The van der Waals surface area contributed by atoms with Crippen molar-refractivity contribution in [2.45, 2.75) is 52.2 Å². The Balaban J connectivity index is 1.67. The number of hydrogen-bond acceptors (Lipinski definition) is 4. The van der Waals surface area contributed by atoms with E-state index in [1.807, 2.05) is 18.5 Å². The Labute approximate surface area is 144 Å². The third-order valence-corrected chi connectivity index (χ3v) is 5.02. The van der Waals surface area contributed by atoms with Crippen LogP contribution < -0.4 is 5.32 Å². The molecular weight excluding hydrogens is 304 g/mol. The monoisotopic (exact) mass is 334 g/mol. The molecule has 24 heavy (non-hydrogen) atoms. The van der Waals surface area contributed by atoms with Gasteiger partial charge in [0.05, 0.1) is 6.10 Å². The van der Waals surface area contributed by atoms with Crippen LogP contribution in [0.4, 0.5) is 0 Å². The lowest BCUT2D eigenvalue weighted by Gasteiger charge is -2.34. The van der Waals surface area contributed by atoms with Crippen molar-refractivity contribution in [3.05, 3.63) is 11.6 Å². The van der Waals surface area contributed by atoms with Crippen LogP contribution >= 0.6 is 0 Å². The van der Waals surface area contributed by atoms with Gasteiger partial charge in [-0.2, -0.15) is 0 Å². The summed E-state index contributed by atoms with van der Waals surface area (Å²) >= 11 is 0. The number of likely N-dealkylation sites (tertiary alicyclic amines) is 1. The first-order valence-electron chi connectivity index (χ1n) is 9.13. The Morgan fingerprint density at radius 3 is 2.88 bits per heavy atom. The minimum absolute atomic E-state index is 0.314. The zero-order valence-corrected chi connectivity index (χ0v) is 15.2. The molecule has 2 aliphatic rings. The van der Waals surface area contributed by atoms with Gasteiger partial charge in [-0.3, -0.25) is 0 Å². The van der Waals surface area contributed by atoms with Crippen LogP contribution in [0.1, 0.15) is 44.3 Å². The molecule has 3 rings (SSSR count). The van der Waals surface area contributed by atoms with E-state index in [0.29, 0.717) is 18.6 Å². The smallest absolute Gasteiger partial charge is 0.194 e. The number of aryl methyl sites for hydroxylation is 1. The molecule has 0 aromatic carbocycles. The predicted molar refractivity (Wildman–Crippen MR) is 93.8 cm³/mol. The van der Waals surface area contributed by atoms with E-state index in [4.69, 9.17) is 9.73 Å². The Hall–Kier alpha value is -1.63. The summed E-state index contributed by atoms with van der Waals surface area (Å²) in [5.74, 6) is 3.51. The number of rotatable bonds is 4. The van der Waals surface area contributed by atoms with Crippen LogP contribution in [0.15, 0.2) is 4.99 Å². The summed E-state index contributed by atoms with van der Waals surface area (Å²) in [6.45, 7) is 8.68. The first kappa shape index (κ1) is 17.2. The molecule has 2 fully saturated rings. The van der Waals surface area contributed by atoms with Crippen molar-refractivity contribution in [1.82, 2.24) is 25.0 Å². The average molecular weight is 334 g/mol. The van der Waals surface area contributed by atoms with Gasteiger partial charge >= 0.3 is 0 Å². The fourth-order valence-electron chi connectivity index (χ4n) is 3.39. The Bertz CT molecular complexity index is 563. The van der Waals surface area contributed by atoms with Gasteiger partial charge in [0.1, 0.15) is 12.4 Å². The molecule has 7 nitrogen and oxygen atoms in total. The number of guanidine groups is 1. The summed E-state index contributed by atoms with van der Waals surface area (Å²) in [5, 5.41) is 11.9. The molecule has 0 aliphatic carbocycles. The van der Waals surface area contributed by atoms with E-state index in [-0.39, 0.29) is 0 Å². The second-order valence-electron chi connectivity index (χ2n) is 7.07. The molecule has 7 heteroatoms. The van der Waals surface area contributed by atoms with Crippen LogP contribution in [0.2, 0.25) is 0 Å². The number of aliphatic imine (C=N–C) groups is 1. The molecule has 2 aliphatic heterocycles. The van der Waals surface area contributed by atoms with Gasteiger partial charge in [0.15, 0.2) is 11.8 Å². The summed E-state index contributed by atoms with van der Waals surface area (Å²) in [7, 11) is 1.99. The molecule has 0 bridgehead atoms. The van der Waals surface area contributed by atoms with Crippen molar-refractivity contribution in [3.8, 4) is 0 Å². The molecule has 1 N–H and O–H groups in total. The molecule has 134 valence electrons. The van der Waals surface area contributed by atoms with Crippen LogP contribution in [-0.2, 0) is 18.3 Å². The molecule has 0 amide bonds. The highest BCUT2D eigenvalue weighted by molar-refractivity contribution is 5.80. The largest absolute Gasteiger partial charge is 0.376 e. The van der Waals surface area contributed by atoms with Crippen LogP contribution in [0, 0.1) is 12.8 Å². The fourth-order valence-corrected chi connectivity index (χ4v) is 3.39. The minimum Gasteiger partial charge on any atom is -0.376 e. The molecule has 2 unspecified atom stereocenters. The second kappa shape index (κ2) is 7.96. The van der Waals surface area contributed by atoms with E-state index < -0.39 is 0 Å². The van der Waals surface area contributed by atoms with Gasteiger partial charge in [-0.05, 0) is 38.5 Å². The molecule has 2 saturated heterocycles. The maximum absolute atomic E-state index is 5.73. The molecular formula is C17H30N6O. The number of ether oxygens (including phenoxy) is 1. The van der Waals surface area contributed by atoms with Gasteiger partial charge in [0, 0.05) is 33.3 Å². The van der Waals surface area contributed by atoms with Gasteiger partial charge in [0.25, 0.3) is 0 Å². The lowest BCUT2D eigenvalue weighted by molar-refractivity contribution is 0.112. The number of hydrogen-bond donors (Lipinski definition) is 1. The first-order valence-corrected chi connectivity index (χ1v) is 9.13. The van der Waals surface area contributed by atoms with Crippen molar-refractivity contribution in [3.63, 3.8) is 0 Å². The standard InChI is InChI=1S/C17H30N6O/c1-13-6-4-8-23(12-13)17(18-10-15-7-5-9-24-15)19-11-16-21-20-14(2)22(16)3/h13,15H,4-12H2,1-3H3,(H,18,19). The van der Waals surface area contributed by atoms with Crippen LogP contribution in [0.3, 0.4) is 0 Å². The highest BCUT2D eigenvalue weighted by atomic mass is 16.5. The predicted octanol–water partition coefficient (Wildman–Crippen LogP) is 1.48. The van der Waals surface area contributed by atoms with E-state index in [0.717, 1.165) is 56.7 Å². The van der Waals surface area contributed by atoms with Gasteiger partial charge in [-0.15, -0.1) is 10.2 Å². The molecule has 3 heterocycles. The number of aromatic nitrogens is 3. The van der Waals surface area contributed by atoms with Crippen LogP contribution in [0.25, 0.3) is 0 Å². The third-order valence-electron chi connectivity index (χ3n) is 5.02. The Morgan fingerprint density at radius 1 is 1.33 bits per heavy atom. The molecule has 0 radical (unpaired) electrons. The molecule has 2 atom stereocenters. The maximum atomic E-state index is 5.73. The zero-order chi connectivity index (χ0) is 16.9. The number of piperidine rings is 1. The average Bonchev–Trinajstić information content (AvgIpc) is 3.20. The van der Waals surface area contributed by atoms with E-state index in [1.54, 1.807) is 0 Å². The first-order chi connectivity index (χ1) is 11.6. The highest BCUT2D eigenvalue weighted by Crippen LogP contribution is 2.16. The van der Waals surface area contributed by atoms with Crippen molar-refractivity contribution in [1.29, 1.82) is 0 Å². The van der Waals surface area contributed by atoms with Crippen molar-refractivity contribution in [2.75, 3.05) is 26.2 Å². The SMILES string of the molecule is Cc1nnc(CN=C(NCC2CCCO2)N2CCCC(C)C2)n1C. The lowest BCUT2D eigenvalue weighted by atomic mass is 10.0. The van der Waals surface area contributed by atoms with Gasteiger partial charge in [-0.25, -0.2) is 4.99 Å². The van der Waals surface area contributed by atoms with E-state index in [1.165, 1.54) is 12.8 Å². The number of nitrogens with one attached hydrogen (secondary N) is 1. The van der Waals surface area contributed by atoms with Gasteiger partial charge in [0.2, 0.25) is 0 Å². The second-order valence-corrected chi connectivity index (χ2v) is 7.07. The summed E-state index contributed by atoms with van der Waals surface area (Å²) in [4.78, 5) is 7.22. The summed E-state index contributed by atoms with van der Waals surface area (Å²) < 4.78 is 7.73. The summed E-state index contributed by atoms with van der Waals surface area (Å²) in [6.07, 6.45) is 5.15. The van der Waals surface area contributed by atoms with Gasteiger partial charge < -0.3 is 19.5 Å². The summed E-state index contributed by atoms with van der Waals surface area (Å²) in [5.41, 5.74) is 0. The van der Waals surface area contributed by atoms with Crippen molar-refractivity contribution < 1.29 is 4.74 Å². The van der Waals surface area contributed by atoms with Crippen LogP contribution in [-0.4, -0.2) is 58.0 Å². The molecule has 0 spiro atoms. The zero-order valence-electron chi connectivity index (χ0n) is 15.2. The van der Waals surface area contributed by atoms with Crippen molar-refractivity contribution in [2.24, 2.45) is 18.0 Å². The van der Waals surface area contributed by atoms with E-state index >= 15 is 0 Å². The maximum Gasteiger partial charge on any atom is 0.194 e. The lowest BCUT2D eigenvalue weighted by Crippen LogP contribution is -2.48. The Kier molecular flexibility index (Phi) is 5.71. The van der Waals surface area contributed by atoms with E-state index in [2.05, 4.69) is 27.3 Å². The third kappa shape index (κ3) is 4.26. The topological polar surface area (TPSA) is 67.6 Å².